The first-order valence-electron chi connectivity index (χ1n) is 8.49. The van der Waals surface area contributed by atoms with Gasteiger partial charge < -0.3 is 9.64 Å². The maximum atomic E-state index is 12.6. The van der Waals surface area contributed by atoms with Crippen LogP contribution in [0.4, 0.5) is 13.2 Å². The lowest BCUT2D eigenvalue weighted by Crippen LogP contribution is -2.26. The van der Waals surface area contributed by atoms with Crippen LogP contribution in [-0.4, -0.2) is 31.0 Å². The Kier molecular flexibility index (Phi) is 5.41. The highest BCUT2D eigenvalue weighted by Gasteiger charge is 2.30. The van der Waals surface area contributed by atoms with Crippen molar-refractivity contribution in [2.75, 3.05) is 20.2 Å². The van der Waals surface area contributed by atoms with Crippen molar-refractivity contribution in [3.05, 3.63) is 65.2 Å². The van der Waals surface area contributed by atoms with E-state index < -0.39 is 11.7 Å². The Labute approximate surface area is 155 Å². The average molecular weight is 373 g/mol. The summed E-state index contributed by atoms with van der Waals surface area (Å²) in [6.45, 7) is 1.18. The summed E-state index contributed by atoms with van der Waals surface area (Å²) in [7, 11) is 1.61. The van der Waals surface area contributed by atoms with Gasteiger partial charge >= 0.3 is 6.18 Å². The molecule has 1 heterocycles. The van der Waals surface area contributed by atoms with Gasteiger partial charge in [-0.15, -0.1) is 0 Å². The third-order valence-electron chi connectivity index (χ3n) is 4.59. The summed E-state index contributed by atoms with van der Waals surface area (Å²) in [5.74, 6) is 5.88. The molecule has 0 unspecified atom stereocenters. The predicted molar refractivity (Wildman–Crippen MR) is 95.3 cm³/mol. The van der Waals surface area contributed by atoms with Gasteiger partial charge in [-0.3, -0.25) is 4.79 Å². The molecule has 6 heteroatoms. The molecule has 1 amide bonds. The standard InChI is InChI=1S/C21H18F3NO2/c1-27-19-9-5-16(6-10-19)17-12-13-25(14-17)20(26)11-4-15-2-7-18(8-3-15)21(22,23)24/h2-3,5-10,17H,12-14H2,1H3/t17-/m1/s1. The Morgan fingerprint density at radius 2 is 1.78 bits per heavy atom. The van der Waals surface area contributed by atoms with E-state index in [2.05, 4.69) is 11.8 Å². The number of nitrogens with zero attached hydrogens (tertiary/aromatic N) is 1. The van der Waals surface area contributed by atoms with Crippen LogP contribution < -0.4 is 4.74 Å². The molecule has 0 aromatic heterocycles. The van der Waals surface area contributed by atoms with Crippen LogP contribution in [0.15, 0.2) is 48.5 Å². The molecule has 3 rings (SSSR count). The Morgan fingerprint density at radius 1 is 1.11 bits per heavy atom. The third-order valence-corrected chi connectivity index (χ3v) is 4.59. The minimum absolute atomic E-state index is 0.243. The number of rotatable bonds is 2. The number of halogens is 3. The number of benzene rings is 2. The van der Waals surface area contributed by atoms with Crippen molar-refractivity contribution in [1.29, 1.82) is 0 Å². The van der Waals surface area contributed by atoms with E-state index in [1.807, 2.05) is 24.3 Å². The molecular weight excluding hydrogens is 355 g/mol. The van der Waals surface area contributed by atoms with E-state index in [1.165, 1.54) is 12.1 Å². The van der Waals surface area contributed by atoms with Crippen molar-refractivity contribution < 1.29 is 22.7 Å². The number of methoxy groups -OCH3 is 1. The number of hydrogen-bond acceptors (Lipinski definition) is 2. The fourth-order valence-electron chi connectivity index (χ4n) is 3.04. The van der Waals surface area contributed by atoms with E-state index in [-0.39, 0.29) is 11.8 Å². The van der Waals surface area contributed by atoms with Crippen molar-refractivity contribution in [3.63, 3.8) is 0 Å². The molecule has 3 nitrogen and oxygen atoms in total. The minimum atomic E-state index is -4.38. The first kappa shape index (κ1) is 18.8. The first-order valence-corrected chi connectivity index (χ1v) is 8.49. The Morgan fingerprint density at radius 3 is 2.37 bits per heavy atom. The lowest BCUT2D eigenvalue weighted by atomic mass is 9.98. The summed E-state index contributed by atoms with van der Waals surface area (Å²) < 4.78 is 42.8. The molecule has 0 spiro atoms. The molecule has 1 aliphatic heterocycles. The zero-order valence-electron chi connectivity index (χ0n) is 14.7. The summed E-state index contributed by atoms with van der Waals surface area (Å²) in [6.07, 6.45) is -3.53. The van der Waals surface area contributed by atoms with Crippen molar-refractivity contribution in [2.45, 2.75) is 18.5 Å². The van der Waals surface area contributed by atoms with Crippen molar-refractivity contribution in [1.82, 2.24) is 4.90 Å². The largest absolute Gasteiger partial charge is 0.497 e. The van der Waals surface area contributed by atoms with Crippen LogP contribution in [0.1, 0.15) is 29.0 Å². The molecule has 0 saturated carbocycles. The lowest BCUT2D eigenvalue weighted by Gasteiger charge is -2.13. The van der Waals surface area contributed by atoms with Gasteiger partial charge in [0.25, 0.3) is 5.91 Å². The summed E-state index contributed by atoms with van der Waals surface area (Å²) in [4.78, 5) is 13.9. The second-order valence-corrected chi connectivity index (χ2v) is 6.34. The molecule has 0 aliphatic carbocycles. The van der Waals surface area contributed by atoms with Crippen molar-refractivity contribution >= 4 is 5.91 Å². The molecule has 1 atom stereocenters. The molecule has 1 saturated heterocycles. The van der Waals surface area contributed by atoms with Crippen LogP contribution in [-0.2, 0) is 11.0 Å². The fourth-order valence-corrected chi connectivity index (χ4v) is 3.04. The van der Waals surface area contributed by atoms with Gasteiger partial charge in [-0.05, 0) is 48.4 Å². The fraction of sp³-hybridized carbons (Fsp3) is 0.286. The number of alkyl halides is 3. The van der Waals surface area contributed by atoms with E-state index in [0.717, 1.165) is 29.9 Å². The van der Waals surface area contributed by atoms with Gasteiger partial charge in [0.1, 0.15) is 5.75 Å². The van der Waals surface area contributed by atoms with Gasteiger partial charge in [0.2, 0.25) is 0 Å². The van der Waals surface area contributed by atoms with E-state index >= 15 is 0 Å². The molecule has 140 valence electrons. The van der Waals surface area contributed by atoms with Crippen LogP contribution in [0, 0.1) is 11.8 Å². The molecule has 1 fully saturated rings. The zero-order chi connectivity index (χ0) is 19.4. The molecule has 0 radical (unpaired) electrons. The number of amides is 1. The van der Waals surface area contributed by atoms with Gasteiger partial charge in [0.15, 0.2) is 0 Å². The second kappa shape index (κ2) is 7.75. The van der Waals surface area contributed by atoms with Gasteiger partial charge in [-0.25, -0.2) is 0 Å². The number of likely N-dealkylation sites (tertiary alicyclic amines) is 1. The van der Waals surface area contributed by atoms with E-state index in [1.54, 1.807) is 12.0 Å². The monoisotopic (exact) mass is 373 g/mol. The Bertz CT molecular complexity index is 862. The number of carbonyl (C=O) groups excluding carboxylic acids is 1. The van der Waals surface area contributed by atoms with Crippen LogP contribution in [0.2, 0.25) is 0 Å². The highest BCUT2D eigenvalue weighted by atomic mass is 19.4. The summed E-state index contributed by atoms with van der Waals surface area (Å²) in [6, 6.07) is 12.2. The maximum absolute atomic E-state index is 12.6. The van der Waals surface area contributed by atoms with Crippen LogP contribution in [0.25, 0.3) is 0 Å². The van der Waals surface area contributed by atoms with E-state index in [9.17, 15) is 18.0 Å². The van der Waals surface area contributed by atoms with Crippen LogP contribution in [0.3, 0.4) is 0 Å². The summed E-state index contributed by atoms with van der Waals surface area (Å²) >= 11 is 0. The molecule has 2 aromatic rings. The van der Waals surface area contributed by atoms with Crippen molar-refractivity contribution in [2.24, 2.45) is 0 Å². The van der Waals surface area contributed by atoms with Gasteiger partial charge in [-0.1, -0.05) is 18.1 Å². The number of hydrogen-bond donors (Lipinski definition) is 0. The number of carbonyl (C=O) groups is 1. The molecular formula is C21H18F3NO2. The van der Waals surface area contributed by atoms with Crippen molar-refractivity contribution in [3.8, 4) is 17.6 Å². The average Bonchev–Trinajstić information content (AvgIpc) is 3.16. The SMILES string of the molecule is COc1ccc([C@@H]2CCN(C(=O)C#Cc3ccc(C(F)(F)F)cc3)C2)cc1. The molecule has 1 aliphatic rings. The molecule has 0 bridgehead atoms. The van der Waals surface area contributed by atoms with Gasteiger partial charge in [0, 0.05) is 30.5 Å². The zero-order valence-corrected chi connectivity index (χ0v) is 14.7. The second-order valence-electron chi connectivity index (χ2n) is 6.34. The third kappa shape index (κ3) is 4.62. The van der Waals surface area contributed by atoms with E-state index in [4.69, 9.17) is 4.74 Å². The molecule has 27 heavy (non-hydrogen) atoms. The quantitative estimate of drug-likeness (QED) is 0.743. The highest BCUT2D eigenvalue weighted by molar-refractivity contribution is 5.94. The Hall–Kier alpha value is -2.94. The minimum Gasteiger partial charge on any atom is -0.497 e. The molecule has 0 N–H and O–H groups in total. The topological polar surface area (TPSA) is 29.5 Å². The summed E-state index contributed by atoms with van der Waals surface area (Å²) in [5.41, 5.74) is 0.783. The summed E-state index contributed by atoms with van der Waals surface area (Å²) in [5, 5.41) is 0. The van der Waals surface area contributed by atoms with Gasteiger partial charge in [-0.2, -0.15) is 13.2 Å². The Balaban J connectivity index is 1.61. The molecule has 2 aromatic carbocycles. The number of ether oxygens (including phenoxy) is 1. The lowest BCUT2D eigenvalue weighted by molar-refractivity contribution is -0.137. The normalized spacial score (nSPS) is 16.6. The van der Waals surface area contributed by atoms with Gasteiger partial charge in [0.05, 0.1) is 12.7 Å². The smallest absolute Gasteiger partial charge is 0.416 e. The predicted octanol–water partition coefficient (Wildman–Crippen LogP) is 4.08. The first-order chi connectivity index (χ1) is 12.9. The highest BCUT2D eigenvalue weighted by Crippen LogP contribution is 2.29. The van der Waals surface area contributed by atoms with E-state index in [0.29, 0.717) is 18.7 Å². The van der Waals surface area contributed by atoms with Crippen LogP contribution in [0.5, 0.6) is 5.75 Å². The maximum Gasteiger partial charge on any atom is 0.416 e. The van der Waals surface area contributed by atoms with Crippen LogP contribution >= 0.6 is 0 Å².